The van der Waals surface area contributed by atoms with E-state index in [2.05, 4.69) is 32.3 Å². The molecule has 1 saturated heterocycles. The molecule has 4 heteroatoms. The van der Waals surface area contributed by atoms with Crippen molar-refractivity contribution in [1.29, 1.82) is 0 Å². The van der Waals surface area contributed by atoms with Gasteiger partial charge in [0.1, 0.15) is 0 Å². The molecule has 0 radical (unpaired) electrons. The Hall–Kier alpha value is 0.1000. The molecular weight excluding hydrogens is 332 g/mol. The minimum Gasteiger partial charge on any atom is -0.326 e. The highest BCUT2D eigenvalue weighted by Crippen LogP contribution is 2.40. The molecule has 1 atom stereocenters. The van der Waals surface area contributed by atoms with Gasteiger partial charge in [-0.05, 0) is 72.6 Å². The predicted molar refractivity (Wildman–Crippen MR) is 90.3 cm³/mol. The molecule has 2 aliphatic rings. The van der Waals surface area contributed by atoms with Crippen LogP contribution >= 0.6 is 27.3 Å². The monoisotopic (exact) mass is 356 g/mol. The molecule has 0 amide bonds. The van der Waals surface area contributed by atoms with Gasteiger partial charge in [0.2, 0.25) is 0 Å². The third kappa shape index (κ3) is 2.85. The van der Waals surface area contributed by atoms with E-state index in [9.17, 15) is 0 Å². The van der Waals surface area contributed by atoms with Gasteiger partial charge in [0.05, 0.1) is 0 Å². The fraction of sp³-hybridized carbons (Fsp3) is 0.750. The van der Waals surface area contributed by atoms with Crippen LogP contribution < -0.4 is 5.73 Å². The summed E-state index contributed by atoms with van der Waals surface area (Å²) in [4.78, 5) is 4.16. The Morgan fingerprint density at radius 1 is 1.20 bits per heavy atom. The molecule has 112 valence electrons. The Bertz CT molecular complexity index is 433. The van der Waals surface area contributed by atoms with Gasteiger partial charge >= 0.3 is 0 Å². The lowest BCUT2D eigenvalue weighted by atomic mass is 9.83. The Morgan fingerprint density at radius 3 is 2.50 bits per heavy atom. The van der Waals surface area contributed by atoms with Crippen LogP contribution in [0.3, 0.4) is 0 Å². The van der Waals surface area contributed by atoms with Gasteiger partial charge in [-0.2, -0.15) is 0 Å². The smallest absolute Gasteiger partial charge is 0.0363 e. The quantitative estimate of drug-likeness (QED) is 0.876. The lowest BCUT2D eigenvalue weighted by molar-refractivity contribution is 0.0484. The molecule has 2 nitrogen and oxygen atoms in total. The van der Waals surface area contributed by atoms with Crippen molar-refractivity contribution < 1.29 is 0 Å². The minimum absolute atomic E-state index is 0.276. The summed E-state index contributed by atoms with van der Waals surface area (Å²) in [6.45, 7) is 2.53. The van der Waals surface area contributed by atoms with Crippen molar-refractivity contribution in [3.63, 3.8) is 0 Å². The number of likely N-dealkylation sites (tertiary alicyclic amines) is 1. The highest BCUT2D eigenvalue weighted by atomic mass is 79.9. The van der Waals surface area contributed by atoms with Crippen LogP contribution in [0.4, 0.5) is 0 Å². The van der Waals surface area contributed by atoms with Gasteiger partial charge in [-0.25, -0.2) is 0 Å². The zero-order chi connectivity index (χ0) is 14.0. The average Bonchev–Trinajstić information content (AvgIpc) is 3.11. The third-order valence-corrected chi connectivity index (χ3v) is 7.19. The zero-order valence-electron chi connectivity index (χ0n) is 12.1. The number of nitrogens with two attached hydrogens (primary N) is 1. The van der Waals surface area contributed by atoms with Gasteiger partial charge in [-0.1, -0.05) is 19.3 Å². The lowest BCUT2D eigenvalue weighted by Gasteiger charge is -2.47. The summed E-state index contributed by atoms with van der Waals surface area (Å²) in [5, 5.41) is 2.16. The van der Waals surface area contributed by atoms with Crippen molar-refractivity contribution in [3.8, 4) is 0 Å². The maximum atomic E-state index is 6.75. The van der Waals surface area contributed by atoms with Gasteiger partial charge in [0, 0.05) is 20.9 Å². The first kappa shape index (κ1) is 15.0. The van der Waals surface area contributed by atoms with Crippen molar-refractivity contribution in [3.05, 3.63) is 20.8 Å². The van der Waals surface area contributed by atoms with Crippen LogP contribution in [0.1, 0.15) is 49.8 Å². The molecule has 1 aliphatic heterocycles. The van der Waals surface area contributed by atoms with Crippen molar-refractivity contribution in [2.24, 2.45) is 5.73 Å². The summed E-state index contributed by atoms with van der Waals surface area (Å²) in [5.41, 5.74) is 7.03. The highest BCUT2D eigenvalue weighted by Gasteiger charge is 2.44. The number of nitrogens with zero attached hydrogens (tertiary/aromatic N) is 1. The normalized spacial score (nSPS) is 24.9. The summed E-state index contributed by atoms with van der Waals surface area (Å²) in [6, 6.07) is 2.42. The fourth-order valence-electron chi connectivity index (χ4n) is 4.11. The highest BCUT2D eigenvalue weighted by molar-refractivity contribution is 9.10. The number of halogens is 1. The van der Waals surface area contributed by atoms with Crippen LogP contribution in [-0.2, 0) is 6.42 Å². The number of rotatable bonds is 4. The molecule has 2 N–H and O–H groups in total. The van der Waals surface area contributed by atoms with Crippen molar-refractivity contribution in [1.82, 2.24) is 4.90 Å². The molecular formula is C16H25BrN2S. The lowest BCUT2D eigenvalue weighted by Crippen LogP contribution is -2.60. The Labute approximate surface area is 134 Å². The van der Waals surface area contributed by atoms with E-state index in [1.165, 1.54) is 67.4 Å². The second-order valence-corrected chi connectivity index (χ2v) is 8.22. The first-order valence-corrected chi connectivity index (χ1v) is 9.62. The second kappa shape index (κ2) is 6.47. The zero-order valence-corrected chi connectivity index (χ0v) is 14.5. The number of piperidine rings is 1. The fourth-order valence-corrected chi connectivity index (χ4v) is 5.68. The van der Waals surface area contributed by atoms with E-state index in [0.29, 0.717) is 0 Å². The van der Waals surface area contributed by atoms with Gasteiger partial charge < -0.3 is 5.73 Å². The Balaban J connectivity index is 1.77. The van der Waals surface area contributed by atoms with Crippen LogP contribution in [0.5, 0.6) is 0 Å². The summed E-state index contributed by atoms with van der Waals surface area (Å²) < 4.78 is 1.24. The SMILES string of the molecule is NC(Cc1sccc1Br)C1(N2CCCCC2)CCCC1. The number of thiophene rings is 1. The minimum atomic E-state index is 0.276. The van der Waals surface area contributed by atoms with Crippen LogP contribution in [0.15, 0.2) is 15.9 Å². The predicted octanol–water partition coefficient (Wildman–Crippen LogP) is 4.18. The van der Waals surface area contributed by atoms with E-state index in [0.717, 1.165) is 6.42 Å². The maximum Gasteiger partial charge on any atom is 0.0363 e. The Morgan fingerprint density at radius 2 is 1.90 bits per heavy atom. The van der Waals surface area contributed by atoms with Crippen LogP contribution in [0.25, 0.3) is 0 Å². The van der Waals surface area contributed by atoms with Gasteiger partial charge in [-0.3, -0.25) is 4.90 Å². The summed E-state index contributed by atoms with van der Waals surface area (Å²) in [7, 11) is 0. The molecule has 20 heavy (non-hydrogen) atoms. The van der Waals surface area contributed by atoms with Crippen molar-refractivity contribution in [2.45, 2.75) is 62.9 Å². The summed E-state index contributed by atoms with van der Waals surface area (Å²) >= 11 is 5.49. The molecule has 2 heterocycles. The molecule has 1 aliphatic carbocycles. The number of hydrogen-bond acceptors (Lipinski definition) is 3. The maximum absolute atomic E-state index is 6.75. The van der Waals surface area contributed by atoms with Crippen LogP contribution in [0, 0.1) is 0 Å². The summed E-state index contributed by atoms with van der Waals surface area (Å²) in [6.07, 6.45) is 10.5. The van der Waals surface area contributed by atoms with E-state index < -0.39 is 0 Å². The summed E-state index contributed by atoms with van der Waals surface area (Å²) in [5.74, 6) is 0. The van der Waals surface area contributed by atoms with Crippen molar-refractivity contribution in [2.75, 3.05) is 13.1 Å². The molecule has 1 unspecified atom stereocenters. The second-order valence-electron chi connectivity index (χ2n) is 6.36. The molecule has 1 saturated carbocycles. The molecule has 1 aromatic rings. The van der Waals surface area contributed by atoms with Gasteiger partial charge in [0.15, 0.2) is 0 Å². The van der Waals surface area contributed by atoms with Crippen LogP contribution in [0.2, 0.25) is 0 Å². The first-order valence-electron chi connectivity index (χ1n) is 7.95. The standard InChI is InChI=1S/C16H25BrN2S/c17-13-6-11-20-14(13)12-15(18)16(7-2-3-8-16)19-9-4-1-5-10-19/h6,11,15H,1-5,7-10,12,18H2. The largest absolute Gasteiger partial charge is 0.326 e. The molecule has 2 fully saturated rings. The topological polar surface area (TPSA) is 29.3 Å². The van der Waals surface area contributed by atoms with Crippen LogP contribution in [-0.4, -0.2) is 29.6 Å². The molecule has 0 spiro atoms. The molecule has 3 rings (SSSR count). The molecule has 1 aromatic heterocycles. The van der Waals surface area contributed by atoms with E-state index in [-0.39, 0.29) is 11.6 Å². The number of hydrogen-bond donors (Lipinski definition) is 1. The first-order chi connectivity index (χ1) is 9.72. The average molecular weight is 357 g/mol. The third-order valence-electron chi connectivity index (χ3n) is 5.24. The van der Waals surface area contributed by atoms with E-state index in [1.807, 2.05) is 11.3 Å². The molecule has 0 bridgehead atoms. The van der Waals surface area contributed by atoms with E-state index >= 15 is 0 Å². The Kier molecular flexibility index (Phi) is 4.86. The van der Waals surface area contributed by atoms with E-state index in [4.69, 9.17) is 5.73 Å². The van der Waals surface area contributed by atoms with Gasteiger partial charge in [0.25, 0.3) is 0 Å². The van der Waals surface area contributed by atoms with Gasteiger partial charge in [-0.15, -0.1) is 11.3 Å². The van der Waals surface area contributed by atoms with E-state index in [1.54, 1.807) is 0 Å². The van der Waals surface area contributed by atoms with Crippen molar-refractivity contribution >= 4 is 27.3 Å². The molecule has 0 aromatic carbocycles.